The second kappa shape index (κ2) is 7.24. The molecular weight excluding hydrogens is 346 g/mol. The molecule has 3 N–H and O–H groups in total. The van der Waals surface area contributed by atoms with Crippen LogP contribution in [0, 0.1) is 12.8 Å². The minimum Gasteiger partial charge on any atom is -0.336 e. The molecule has 1 fully saturated rings. The van der Waals surface area contributed by atoms with Gasteiger partial charge in [0.1, 0.15) is 0 Å². The summed E-state index contributed by atoms with van der Waals surface area (Å²) in [5.41, 5.74) is 7.57. The molecule has 0 spiro atoms. The van der Waals surface area contributed by atoms with Crippen molar-refractivity contribution >= 4 is 33.4 Å². The molecule has 0 radical (unpaired) electrons. The van der Waals surface area contributed by atoms with Gasteiger partial charge in [-0.2, -0.15) is 0 Å². The van der Waals surface area contributed by atoms with Gasteiger partial charge in [-0.05, 0) is 49.9 Å². The molecule has 2 unspecified atom stereocenters. The van der Waals surface area contributed by atoms with Gasteiger partial charge in [0.2, 0.25) is 11.8 Å². The number of hydrogen-bond acceptors (Lipinski definition) is 3. The van der Waals surface area contributed by atoms with Crippen molar-refractivity contribution in [2.45, 2.75) is 32.2 Å². The molecule has 0 aromatic heterocycles. The van der Waals surface area contributed by atoms with Crippen LogP contribution in [0.25, 0.3) is 0 Å². The monoisotopic (exact) mass is 367 g/mol. The molecule has 1 aromatic carbocycles. The fraction of sp³-hybridized carbons (Fsp3) is 0.500. The second-order valence-corrected chi connectivity index (χ2v) is 6.89. The van der Waals surface area contributed by atoms with Crippen molar-refractivity contribution in [3.8, 4) is 0 Å². The van der Waals surface area contributed by atoms with Crippen LogP contribution in [0.15, 0.2) is 22.7 Å². The first-order chi connectivity index (χ1) is 10.4. The molecule has 5 nitrogen and oxygen atoms in total. The van der Waals surface area contributed by atoms with E-state index in [1.54, 1.807) is 7.05 Å². The molecule has 1 aliphatic carbocycles. The molecule has 6 heteroatoms. The van der Waals surface area contributed by atoms with Gasteiger partial charge in [-0.25, -0.2) is 0 Å². The molecule has 0 bridgehead atoms. The minimum absolute atomic E-state index is 0.00984. The quantitative estimate of drug-likeness (QED) is 0.856. The molecule has 0 heterocycles. The Morgan fingerprint density at radius 2 is 2.14 bits per heavy atom. The summed E-state index contributed by atoms with van der Waals surface area (Å²) in [6, 6.07) is 5.76. The van der Waals surface area contributed by atoms with E-state index in [-0.39, 0.29) is 30.3 Å². The number of benzene rings is 1. The summed E-state index contributed by atoms with van der Waals surface area (Å²) in [5, 5.41) is 2.84. The highest BCUT2D eigenvalue weighted by Gasteiger charge is 2.30. The van der Waals surface area contributed by atoms with Crippen LogP contribution in [0.5, 0.6) is 0 Å². The van der Waals surface area contributed by atoms with Gasteiger partial charge in [0.05, 0.1) is 6.54 Å². The van der Waals surface area contributed by atoms with Gasteiger partial charge in [0.25, 0.3) is 0 Å². The zero-order valence-corrected chi connectivity index (χ0v) is 14.5. The predicted octanol–water partition coefficient (Wildman–Crippen LogP) is 2.28. The van der Waals surface area contributed by atoms with Gasteiger partial charge in [-0.3, -0.25) is 9.59 Å². The number of nitrogens with zero attached hydrogens (tertiary/aromatic N) is 1. The highest BCUT2D eigenvalue weighted by atomic mass is 79.9. The van der Waals surface area contributed by atoms with Crippen molar-refractivity contribution in [1.29, 1.82) is 0 Å². The van der Waals surface area contributed by atoms with E-state index in [9.17, 15) is 9.59 Å². The third-order valence-corrected chi connectivity index (χ3v) is 4.54. The summed E-state index contributed by atoms with van der Waals surface area (Å²) in [6.07, 6.45) is 2.42. The molecule has 1 aromatic rings. The highest BCUT2D eigenvalue weighted by molar-refractivity contribution is 9.10. The Hall–Kier alpha value is -1.40. The first-order valence-electron chi connectivity index (χ1n) is 7.43. The third kappa shape index (κ3) is 4.30. The van der Waals surface area contributed by atoms with Crippen molar-refractivity contribution in [3.05, 3.63) is 28.2 Å². The Labute approximate surface area is 139 Å². The van der Waals surface area contributed by atoms with Crippen LogP contribution in [0.2, 0.25) is 0 Å². The number of carbonyl (C=O) groups excluding carboxylic acids is 2. The molecule has 0 saturated heterocycles. The number of nitrogens with two attached hydrogens (primary N) is 1. The van der Waals surface area contributed by atoms with Gasteiger partial charge < -0.3 is 16.0 Å². The summed E-state index contributed by atoms with van der Waals surface area (Å²) in [4.78, 5) is 25.9. The van der Waals surface area contributed by atoms with E-state index in [0.29, 0.717) is 0 Å². The summed E-state index contributed by atoms with van der Waals surface area (Å²) >= 11 is 3.39. The fourth-order valence-corrected chi connectivity index (χ4v) is 3.28. The van der Waals surface area contributed by atoms with Crippen LogP contribution >= 0.6 is 15.9 Å². The van der Waals surface area contributed by atoms with Crippen LogP contribution in [-0.4, -0.2) is 36.3 Å². The fourth-order valence-electron chi connectivity index (χ4n) is 2.80. The Morgan fingerprint density at radius 3 is 2.73 bits per heavy atom. The van der Waals surface area contributed by atoms with Crippen LogP contribution < -0.4 is 11.1 Å². The van der Waals surface area contributed by atoms with E-state index in [2.05, 4.69) is 21.2 Å². The van der Waals surface area contributed by atoms with E-state index in [4.69, 9.17) is 5.73 Å². The van der Waals surface area contributed by atoms with E-state index in [1.165, 1.54) is 4.90 Å². The van der Waals surface area contributed by atoms with Crippen molar-refractivity contribution in [3.63, 3.8) is 0 Å². The van der Waals surface area contributed by atoms with Crippen molar-refractivity contribution in [2.75, 3.05) is 18.9 Å². The lowest BCUT2D eigenvalue weighted by Gasteiger charge is -2.21. The van der Waals surface area contributed by atoms with Gasteiger partial charge in [-0.1, -0.05) is 15.9 Å². The van der Waals surface area contributed by atoms with Crippen molar-refractivity contribution < 1.29 is 9.59 Å². The number of anilines is 1. The Morgan fingerprint density at radius 1 is 1.41 bits per heavy atom. The maximum Gasteiger partial charge on any atom is 0.243 e. The lowest BCUT2D eigenvalue weighted by atomic mass is 10.1. The smallest absolute Gasteiger partial charge is 0.243 e. The zero-order chi connectivity index (χ0) is 16.3. The molecule has 2 atom stereocenters. The lowest BCUT2D eigenvalue weighted by Crippen LogP contribution is -2.38. The number of halogens is 1. The largest absolute Gasteiger partial charge is 0.336 e. The second-order valence-electron chi connectivity index (χ2n) is 5.97. The van der Waals surface area contributed by atoms with Gasteiger partial charge in [0.15, 0.2) is 0 Å². The number of likely N-dealkylation sites (N-methyl/N-ethyl adjacent to an activating group) is 1. The first-order valence-corrected chi connectivity index (χ1v) is 8.22. The average Bonchev–Trinajstić information content (AvgIpc) is 2.87. The Balaban J connectivity index is 1.89. The van der Waals surface area contributed by atoms with E-state index in [0.717, 1.165) is 35.0 Å². The Bertz CT molecular complexity index is 577. The number of nitrogens with one attached hydrogen (secondary N) is 1. The van der Waals surface area contributed by atoms with Crippen LogP contribution in [0.4, 0.5) is 5.69 Å². The van der Waals surface area contributed by atoms with Crippen LogP contribution in [-0.2, 0) is 9.59 Å². The topological polar surface area (TPSA) is 75.4 Å². The SMILES string of the molecule is Cc1cc(Br)ccc1NC(=O)CN(C)C(=O)C1CCC(N)C1. The van der Waals surface area contributed by atoms with Crippen LogP contribution in [0.1, 0.15) is 24.8 Å². The van der Waals surface area contributed by atoms with Gasteiger partial charge in [-0.15, -0.1) is 0 Å². The predicted molar refractivity (Wildman–Crippen MR) is 90.5 cm³/mol. The summed E-state index contributed by atoms with van der Waals surface area (Å²) < 4.78 is 0.966. The van der Waals surface area contributed by atoms with E-state index < -0.39 is 0 Å². The van der Waals surface area contributed by atoms with Gasteiger partial charge >= 0.3 is 0 Å². The molecule has 0 aliphatic heterocycles. The van der Waals surface area contributed by atoms with E-state index >= 15 is 0 Å². The maximum atomic E-state index is 12.3. The lowest BCUT2D eigenvalue weighted by molar-refractivity contribution is -0.136. The number of aryl methyl sites for hydroxylation is 1. The molecule has 2 rings (SSSR count). The summed E-state index contributed by atoms with van der Waals surface area (Å²) in [5.74, 6) is -0.221. The molecular formula is C16H22BrN3O2. The zero-order valence-electron chi connectivity index (χ0n) is 12.9. The third-order valence-electron chi connectivity index (χ3n) is 4.04. The van der Waals surface area contributed by atoms with E-state index in [1.807, 2.05) is 25.1 Å². The standard InChI is InChI=1S/C16H22BrN3O2/c1-10-7-12(17)4-6-14(10)19-15(21)9-20(2)16(22)11-3-5-13(18)8-11/h4,6-7,11,13H,3,5,8-9,18H2,1-2H3,(H,19,21). The Kier molecular flexibility index (Phi) is 5.58. The molecule has 120 valence electrons. The molecule has 22 heavy (non-hydrogen) atoms. The summed E-state index contributed by atoms with van der Waals surface area (Å²) in [7, 11) is 1.67. The number of hydrogen-bond donors (Lipinski definition) is 2. The summed E-state index contributed by atoms with van der Waals surface area (Å²) in [6.45, 7) is 1.98. The number of rotatable bonds is 4. The number of carbonyl (C=O) groups is 2. The first kappa shape index (κ1) is 17.0. The van der Waals surface area contributed by atoms with Crippen molar-refractivity contribution in [2.24, 2.45) is 11.7 Å². The van der Waals surface area contributed by atoms with Crippen LogP contribution in [0.3, 0.4) is 0 Å². The molecule has 1 saturated carbocycles. The number of amides is 2. The highest BCUT2D eigenvalue weighted by Crippen LogP contribution is 2.25. The van der Waals surface area contributed by atoms with Gasteiger partial charge in [0, 0.05) is 29.2 Å². The minimum atomic E-state index is -0.191. The molecule has 2 amide bonds. The average molecular weight is 368 g/mol. The van der Waals surface area contributed by atoms with Crippen molar-refractivity contribution in [1.82, 2.24) is 4.90 Å². The maximum absolute atomic E-state index is 12.3. The normalized spacial score (nSPS) is 20.7. The molecule has 1 aliphatic rings.